The maximum absolute atomic E-state index is 11.5. The van der Waals surface area contributed by atoms with Crippen molar-refractivity contribution < 1.29 is 4.92 Å². The molecular weight excluding hydrogens is 360 g/mol. The molecule has 1 atom stereocenters. The summed E-state index contributed by atoms with van der Waals surface area (Å²) in [5, 5.41) is 13.1. The van der Waals surface area contributed by atoms with Crippen molar-refractivity contribution in [3.05, 3.63) is 105 Å². The van der Waals surface area contributed by atoms with Gasteiger partial charge in [0.05, 0.1) is 11.6 Å². The lowest BCUT2D eigenvalue weighted by Gasteiger charge is -2.16. The standard InChI is InChI=1S/C22H17ClN2O2/c23-17-12-10-15(11-13-17)19(14-25(26)27)21-18-8-4-5-9-20(18)24-22(21)16-6-2-1-3-7-16/h1-13,19,24H,14H2. The number of H-pyrrole nitrogens is 1. The van der Waals surface area contributed by atoms with Crippen LogP contribution in [-0.4, -0.2) is 16.5 Å². The first kappa shape index (κ1) is 17.3. The number of aromatic amines is 1. The Bertz CT molecular complexity index is 1090. The molecule has 4 nitrogen and oxygen atoms in total. The van der Waals surface area contributed by atoms with E-state index in [1.807, 2.05) is 66.7 Å². The lowest BCUT2D eigenvalue weighted by Crippen LogP contribution is -2.14. The van der Waals surface area contributed by atoms with E-state index in [0.29, 0.717) is 5.02 Å². The highest BCUT2D eigenvalue weighted by Crippen LogP contribution is 2.39. The zero-order valence-electron chi connectivity index (χ0n) is 14.4. The smallest absolute Gasteiger partial charge is 0.214 e. The van der Waals surface area contributed by atoms with Gasteiger partial charge in [0, 0.05) is 20.8 Å². The maximum Gasteiger partial charge on any atom is 0.214 e. The Morgan fingerprint density at radius 3 is 2.30 bits per heavy atom. The molecule has 0 aliphatic carbocycles. The fourth-order valence-corrected chi connectivity index (χ4v) is 3.69. The molecule has 0 spiro atoms. The summed E-state index contributed by atoms with van der Waals surface area (Å²) in [7, 11) is 0. The molecule has 1 N–H and O–H groups in total. The third-order valence-electron chi connectivity index (χ3n) is 4.76. The van der Waals surface area contributed by atoms with Gasteiger partial charge in [-0.05, 0) is 34.9 Å². The van der Waals surface area contributed by atoms with Crippen LogP contribution < -0.4 is 0 Å². The molecule has 3 aromatic carbocycles. The van der Waals surface area contributed by atoms with Crippen LogP contribution in [0.25, 0.3) is 22.2 Å². The minimum Gasteiger partial charge on any atom is -0.354 e. The van der Waals surface area contributed by atoms with E-state index in [1.165, 1.54) is 0 Å². The maximum atomic E-state index is 11.5. The van der Waals surface area contributed by atoms with Gasteiger partial charge in [-0.15, -0.1) is 0 Å². The highest BCUT2D eigenvalue weighted by atomic mass is 35.5. The molecule has 0 aliphatic rings. The Labute approximate surface area is 161 Å². The number of hydrogen-bond acceptors (Lipinski definition) is 2. The first-order valence-electron chi connectivity index (χ1n) is 8.67. The zero-order valence-corrected chi connectivity index (χ0v) is 15.2. The Morgan fingerprint density at radius 1 is 0.926 bits per heavy atom. The van der Waals surface area contributed by atoms with Gasteiger partial charge in [-0.1, -0.05) is 72.3 Å². The van der Waals surface area contributed by atoms with Crippen LogP contribution >= 0.6 is 11.6 Å². The van der Waals surface area contributed by atoms with Crippen LogP contribution in [0.1, 0.15) is 17.0 Å². The van der Waals surface area contributed by atoms with E-state index in [1.54, 1.807) is 12.1 Å². The molecule has 134 valence electrons. The molecule has 0 saturated heterocycles. The summed E-state index contributed by atoms with van der Waals surface area (Å²) in [4.78, 5) is 14.7. The van der Waals surface area contributed by atoms with Gasteiger partial charge in [0.2, 0.25) is 6.54 Å². The van der Waals surface area contributed by atoms with Crippen molar-refractivity contribution in [3.8, 4) is 11.3 Å². The second-order valence-corrected chi connectivity index (χ2v) is 6.88. The first-order chi connectivity index (χ1) is 13.1. The van der Waals surface area contributed by atoms with Crippen LogP contribution in [0.3, 0.4) is 0 Å². The van der Waals surface area contributed by atoms with Crippen molar-refractivity contribution in [3.63, 3.8) is 0 Å². The summed E-state index contributed by atoms with van der Waals surface area (Å²) in [6, 6.07) is 25.1. The molecule has 4 rings (SSSR count). The van der Waals surface area contributed by atoms with Gasteiger partial charge >= 0.3 is 0 Å². The van der Waals surface area contributed by atoms with Crippen LogP contribution in [0.15, 0.2) is 78.9 Å². The van der Waals surface area contributed by atoms with Crippen LogP contribution in [0.5, 0.6) is 0 Å². The molecule has 1 heterocycles. The van der Waals surface area contributed by atoms with Gasteiger partial charge < -0.3 is 4.98 Å². The lowest BCUT2D eigenvalue weighted by atomic mass is 9.87. The Hall–Kier alpha value is -3.11. The Balaban J connectivity index is 1.98. The van der Waals surface area contributed by atoms with Crippen molar-refractivity contribution >= 4 is 22.5 Å². The topological polar surface area (TPSA) is 58.9 Å². The van der Waals surface area contributed by atoms with Crippen molar-refractivity contribution in [2.75, 3.05) is 6.54 Å². The summed E-state index contributed by atoms with van der Waals surface area (Å²) in [6.07, 6.45) is 0. The molecule has 0 aliphatic heterocycles. The van der Waals surface area contributed by atoms with E-state index in [9.17, 15) is 10.1 Å². The number of nitrogens with one attached hydrogen (secondary N) is 1. The minimum atomic E-state index is -0.386. The SMILES string of the molecule is O=[N+]([O-])CC(c1ccc(Cl)cc1)c1c(-c2ccccc2)[nH]c2ccccc12. The monoisotopic (exact) mass is 376 g/mol. The highest BCUT2D eigenvalue weighted by molar-refractivity contribution is 6.30. The second kappa shape index (κ2) is 7.25. The predicted molar refractivity (Wildman–Crippen MR) is 109 cm³/mol. The quantitative estimate of drug-likeness (QED) is 0.348. The number of benzene rings is 3. The van der Waals surface area contributed by atoms with Crippen molar-refractivity contribution in [2.24, 2.45) is 0 Å². The number of hydrogen-bond donors (Lipinski definition) is 1. The number of fused-ring (bicyclic) bond motifs is 1. The molecule has 27 heavy (non-hydrogen) atoms. The number of halogens is 1. The van der Waals surface area contributed by atoms with Gasteiger partial charge in [0.25, 0.3) is 0 Å². The number of aromatic nitrogens is 1. The van der Waals surface area contributed by atoms with Crippen molar-refractivity contribution in [1.82, 2.24) is 4.98 Å². The van der Waals surface area contributed by atoms with E-state index in [2.05, 4.69) is 4.98 Å². The van der Waals surface area contributed by atoms with Gasteiger partial charge in [-0.25, -0.2) is 0 Å². The van der Waals surface area contributed by atoms with Gasteiger partial charge in [-0.3, -0.25) is 10.1 Å². The fraction of sp³-hybridized carbons (Fsp3) is 0.0909. The molecule has 0 radical (unpaired) electrons. The first-order valence-corrected chi connectivity index (χ1v) is 9.04. The minimum absolute atomic E-state index is 0.191. The summed E-state index contributed by atoms with van der Waals surface area (Å²) < 4.78 is 0. The van der Waals surface area contributed by atoms with Gasteiger partial charge in [0.15, 0.2) is 0 Å². The average Bonchev–Trinajstić information content (AvgIpc) is 3.07. The van der Waals surface area contributed by atoms with Crippen LogP contribution in [0.4, 0.5) is 0 Å². The summed E-state index contributed by atoms with van der Waals surface area (Å²) in [5.74, 6) is -0.386. The van der Waals surface area contributed by atoms with Crippen molar-refractivity contribution in [1.29, 1.82) is 0 Å². The van der Waals surface area contributed by atoms with E-state index >= 15 is 0 Å². The average molecular weight is 377 g/mol. The van der Waals surface area contributed by atoms with E-state index in [4.69, 9.17) is 11.6 Å². The lowest BCUT2D eigenvalue weighted by molar-refractivity contribution is -0.481. The molecule has 4 aromatic rings. The Morgan fingerprint density at radius 2 is 1.59 bits per heavy atom. The molecule has 0 amide bonds. The molecule has 0 bridgehead atoms. The van der Waals surface area contributed by atoms with E-state index < -0.39 is 0 Å². The van der Waals surface area contributed by atoms with E-state index in [-0.39, 0.29) is 17.4 Å². The predicted octanol–water partition coefficient (Wildman–Crippen LogP) is 5.90. The summed E-state index contributed by atoms with van der Waals surface area (Å²) >= 11 is 6.03. The van der Waals surface area contributed by atoms with Crippen molar-refractivity contribution in [2.45, 2.75) is 5.92 Å². The number of rotatable bonds is 5. The molecular formula is C22H17ClN2O2. The number of nitro groups is 1. The van der Waals surface area contributed by atoms with Gasteiger partial charge in [-0.2, -0.15) is 0 Å². The third-order valence-corrected chi connectivity index (χ3v) is 5.01. The largest absolute Gasteiger partial charge is 0.354 e. The molecule has 1 aromatic heterocycles. The highest BCUT2D eigenvalue weighted by Gasteiger charge is 2.27. The molecule has 0 fully saturated rings. The number of nitrogens with zero attached hydrogens (tertiary/aromatic N) is 1. The Kier molecular flexibility index (Phi) is 4.65. The second-order valence-electron chi connectivity index (χ2n) is 6.44. The van der Waals surface area contributed by atoms with Gasteiger partial charge in [0.1, 0.15) is 0 Å². The van der Waals surface area contributed by atoms with Crippen LogP contribution in [0, 0.1) is 10.1 Å². The van der Waals surface area contributed by atoms with Crippen LogP contribution in [-0.2, 0) is 0 Å². The van der Waals surface area contributed by atoms with Crippen LogP contribution in [0.2, 0.25) is 5.02 Å². The zero-order chi connectivity index (χ0) is 18.8. The fourth-order valence-electron chi connectivity index (χ4n) is 3.57. The summed E-state index contributed by atoms with van der Waals surface area (Å²) in [5.41, 5.74) is 4.70. The van der Waals surface area contributed by atoms with E-state index in [0.717, 1.165) is 33.3 Å². The normalized spacial score (nSPS) is 12.2. The third kappa shape index (κ3) is 3.44. The molecule has 0 saturated carbocycles. The molecule has 5 heteroatoms. The summed E-state index contributed by atoms with van der Waals surface area (Å²) in [6.45, 7) is -0.191. The molecule has 1 unspecified atom stereocenters. The number of para-hydroxylation sites is 1.